The van der Waals surface area contributed by atoms with E-state index < -0.39 is 77.6 Å². The molecule has 65 heavy (non-hydrogen) atoms. The summed E-state index contributed by atoms with van der Waals surface area (Å²) >= 11 is 0. The van der Waals surface area contributed by atoms with Crippen molar-refractivity contribution < 1.29 is 43.1 Å². The van der Waals surface area contributed by atoms with E-state index >= 15 is 0 Å². The highest BCUT2D eigenvalue weighted by molar-refractivity contribution is 5.98. The van der Waals surface area contributed by atoms with Crippen LogP contribution >= 0.6 is 0 Å². The summed E-state index contributed by atoms with van der Waals surface area (Å²) in [6.45, 7) is 5.49. The lowest BCUT2D eigenvalue weighted by Gasteiger charge is -2.29. The average molecular weight is 900 g/mol. The van der Waals surface area contributed by atoms with Crippen molar-refractivity contribution in [3.63, 3.8) is 0 Å². The van der Waals surface area contributed by atoms with E-state index in [2.05, 4.69) is 36.9 Å². The number of benzene rings is 2. The van der Waals surface area contributed by atoms with E-state index in [0.717, 1.165) is 16.3 Å². The Morgan fingerprint density at radius 3 is 2.45 bits per heavy atom. The summed E-state index contributed by atoms with van der Waals surface area (Å²) in [6.07, 6.45) is 4.77. The molecule has 6 atom stereocenters. The number of aromatic nitrogens is 3. The Labute approximate surface area is 377 Å². The van der Waals surface area contributed by atoms with Crippen molar-refractivity contribution in [2.24, 2.45) is 11.7 Å². The molecule has 7 N–H and O–H groups in total. The predicted octanol–water partition coefficient (Wildman–Crippen LogP) is -0.0368. The number of likely N-dealkylation sites (tertiary alicyclic amines) is 1. The Morgan fingerprint density at radius 1 is 0.892 bits per heavy atom. The third-order valence-corrected chi connectivity index (χ3v) is 12.1. The first kappa shape index (κ1) is 48.0. The fourth-order valence-corrected chi connectivity index (χ4v) is 8.66. The number of nitrogens with one attached hydrogen (secondary N) is 5. The zero-order valence-electron chi connectivity index (χ0n) is 37.3. The minimum atomic E-state index is -1.41. The molecule has 0 radical (unpaired) electrons. The standard InChI is InChI=1S/C45H61N11O9/c1-27(2)21-33(41(60)49-28(3)45(64)55-19-9-15-36(55)40(46)59)50-43(62)35-26-65-25-31-23-48-53-56(31)20-7-6-17-38(57)47-24-39(58)54-18-10-16-37(54)44(63)51-34(42(61)52-35)22-30-13-8-12-29-11-4-5-14-32(29)30/h4-5,8,11-14,23,27-28,33-37H,6-7,9-10,15-22,24-26H2,1-3H3,(H2,46,59)(H,47,57)(H,49,60)(H,50,62)(H,51,63)(H,52,61)/t28-,33-,34-,35+,36-,37-/m0/s1. The highest BCUT2D eigenvalue weighted by Gasteiger charge is 2.39. The summed E-state index contributed by atoms with van der Waals surface area (Å²) in [4.78, 5) is 111. The van der Waals surface area contributed by atoms with E-state index in [-0.39, 0.29) is 57.4 Å². The van der Waals surface area contributed by atoms with Gasteiger partial charge in [-0.25, -0.2) is 4.68 Å². The summed E-state index contributed by atoms with van der Waals surface area (Å²) in [5, 5.41) is 23.7. The average Bonchev–Trinajstić information content (AvgIpc) is 4.08. The lowest BCUT2D eigenvalue weighted by molar-refractivity contribution is -0.141. The van der Waals surface area contributed by atoms with Gasteiger partial charge in [-0.15, -0.1) is 5.10 Å². The third-order valence-electron chi connectivity index (χ3n) is 12.1. The quantitative estimate of drug-likeness (QED) is 0.157. The number of nitrogens with zero attached hydrogens (tertiary/aromatic N) is 5. The lowest BCUT2D eigenvalue weighted by Crippen LogP contribution is -2.60. The minimum Gasteiger partial charge on any atom is -0.372 e. The van der Waals surface area contributed by atoms with Crippen LogP contribution in [0.5, 0.6) is 0 Å². The fourth-order valence-electron chi connectivity index (χ4n) is 8.66. The van der Waals surface area contributed by atoms with E-state index in [0.29, 0.717) is 57.3 Å². The second kappa shape index (κ2) is 22.5. The molecule has 20 heteroatoms. The maximum atomic E-state index is 14.6. The molecule has 20 nitrogen and oxygen atoms in total. The number of hydrogen-bond donors (Lipinski definition) is 6. The van der Waals surface area contributed by atoms with Crippen LogP contribution in [0.4, 0.5) is 0 Å². The van der Waals surface area contributed by atoms with E-state index in [9.17, 15) is 38.4 Å². The monoisotopic (exact) mass is 899 g/mol. The smallest absolute Gasteiger partial charge is 0.245 e. The molecule has 0 spiro atoms. The summed E-state index contributed by atoms with van der Waals surface area (Å²) in [5.41, 5.74) is 6.84. The zero-order chi connectivity index (χ0) is 46.6. The van der Waals surface area contributed by atoms with Gasteiger partial charge in [-0.1, -0.05) is 61.5 Å². The van der Waals surface area contributed by atoms with E-state index in [4.69, 9.17) is 10.5 Å². The second-order valence-electron chi connectivity index (χ2n) is 17.4. The minimum absolute atomic E-state index is 0.00757. The molecule has 4 heterocycles. The Balaban J connectivity index is 1.28. The molecule has 2 fully saturated rings. The number of ether oxygens (including phenoxy) is 1. The van der Waals surface area contributed by atoms with Gasteiger partial charge in [0, 0.05) is 32.5 Å². The van der Waals surface area contributed by atoms with Gasteiger partial charge in [0.1, 0.15) is 36.3 Å². The Hall–Kier alpha value is -6.44. The third kappa shape index (κ3) is 12.6. The number of hydrogen-bond acceptors (Lipinski definition) is 11. The lowest BCUT2D eigenvalue weighted by atomic mass is 9.97. The van der Waals surface area contributed by atoms with Crippen molar-refractivity contribution in [2.75, 3.05) is 26.2 Å². The van der Waals surface area contributed by atoms with E-state index in [1.807, 2.05) is 56.3 Å². The number of carbonyl (C=O) groups is 8. The molecule has 2 aromatic carbocycles. The van der Waals surface area contributed by atoms with Gasteiger partial charge in [-0.2, -0.15) is 0 Å². The van der Waals surface area contributed by atoms with Gasteiger partial charge >= 0.3 is 0 Å². The van der Waals surface area contributed by atoms with Crippen LogP contribution in [0.1, 0.15) is 83.4 Å². The fraction of sp³-hybridized carbons (Fsp3) is 0.556. The van der Waals surface area contributed by atoms with Crippen molar-refractivity contribution in [2.45, 2.75) is 128 Å². The maximum Gasteiger partial charge on any atom is 0.245 e. The molecule has 6 rings (SSSR count). The molecule has 1 aromatic heterocycles. The van der Waals surface area contributed by atoms with Gasteiger partial charge in [-0.05, 0) is 74.1 Å². The van der Waals surface area contributed by atoms with Gasteiger partial charge in [0.2, 0.25) is 47.3 Å². The Morgan fingerprint density at radius 2 is 1.66 bits per heavy atom. The summed E-state index contributed by atoms with van der Waals surface area (Å²) < 4.78 is 7.67. The van der Waals surface area contributed by atoms with Crippen LogP contribution in [0.25, 0.3) is 10.8 Å². The molecule has 8 amide bonds. The molecule has 0 bridgehead atoms. The highest BCUT2D eigenvalue weighted by atomic mass is 16.5. The van der Waals surface area contributed by atoms with Gasteiger partial charge in [0.05, 0.1) is 31.6 Å². The first-order valence-corrected chi connectivity index (χ1v) is 22.5. The first-order chi connectivity index (χ1) is 31.2. The summed E-state index contributed by atoms with van der Waals surface area (Å²) in [7, 11) is 0. The molecule has 0 saturated carbocycles. The number of fused-ring (bicyclic) bond motifs is 3. The van der Waals surface area contributed by atoms with Crippen molar-refractivity contribution in [1.82, 2.24) is 51.4 Å². The number of primary amides is 1. The Bertz CT molecular complexity index is 2230. The summed E-state index contributed by atoms with van der Waals surface area (Å²) in [5.74, 6) is -4.67. The van der Waals surface area contributed by atoms with Crippen LogP contribution in [0.2, 0.25) is 0 Å². The highest BCUT2D eigenvalue weighted by Crippen LogP contribution is 2.22. The molecule has 0 aliphatic carbocycles. The van der Waals surface area contributed by atoms with E-state index in [1.54, 1.807) is 4.68 Å². The zero-order valence-corrected chi connectivity index (χ0v) is 37.3. The van der Waals surface area contributed by atoms with Gasteiger partial charge in [0.15, 0.2) is 0 Å². The largest absolute Gasteiger partial charge is 0.372 e. The molecular formula is C45H61N11O9. The van der Waals surface area contributed by atoms with Crippen molar-refractivity contribution >= 4 is 58.0 Å². The maximum absolute atomic E-state index is 14.6. The molecule has 2 saturated heterocycles. The second-order valence-corrected chi connectivity index (χ2v) is 17.4. The SMILES string of the molecule is CC(C)C[C@H](NC(=O)[C@H]1COCc2cnnn2CCCCC(=O)NCC(=O)N2CCC[C@H]2C(=O)N[C@@H](Cc2cccc3ccccc23)C(=O)N1)C(=O)N[C@@H](C)C(=O)N1CCC[C@H]1C(N)=O. The number of rotatable bonds is 10. The van der Waals surface area contributed by atoms with E-state index in [1.165, 1.54) is 22.9 Å². The van der Waals surface area contributed by atoms with Crippen molar-refractivity contribution in [3.05, 3.63) is 59.9 Å². The molecule has 350 valence electrons. The van der Waals surface area contributed by atoms with Crippen LogP contribution in [-0.4, -0.2) is 135 Å². The molecule has 3 aliphatic rings. The van der Waals surface area contributed by atoms with Crippen molar-refractivity contribution in [1.29, 1.82) is 0 Å². The normalized spacial score (nSPS) is 22.7. The van der Waals surface area contributed by atoms with Gasteiger partial charge in [0.25, 0.3) is 0 Å². The number of aryl methyl sites for hydroxylation is 1. The predicted molar refractivity (Wildman–Crippen MR) is 236 cm³/mol. The molecule has 3 aliphatic heterocycles. The van der Waals surface area contributed by atoms with Crippen LogP contribution < -0.4 is 32.3 Å². The van der Waals surface area contributed by atoms with Gasteiger partial charge < -0.3 is 46.9 Å². The van der Waals surface area contributed by atoms with Crippen LogP contribution in [-0.2, 0) is 62.7 Å². The van der Waals surface area contributed by atoms with Crippen LogP contribution in [0, 0.1) is 5.92 Å². The molecule has 3 aromatic rings. The molecule has 0 unspecified atom stereocenters. The Kier molecular flexibility index (Phi) is 16.6. The first-order valence-electron chi connectivity index (χ1n) is 22.5. The number of carbonyl (C=O) groups excluding carboxylic acids is 8. The molecular weight excluding hydrogens is 839 g/mol. The topological polar surface area (TPSA) is 269 Å². The number of amides is 8. The van der Waals surface area contributed by atoms with Crippen LogP contribution in [0.3, 0.4) is 0 Å². The van der Waals surface area contributed by atoms with Crippen molar-refractivity contribution in [3.8, 4) is 0 Å². The summed E-state index contributed by atoms with van der Waals surface area (Å²) in [6, 6.07) is 6.65. The van der Waals surface area contributed by atoms with Gasteiger partial charge in [-0.3, -0.25) is 38.4 Å². The van der Waals surface area contributed by atoms with Crippen LogP contribution in [0.15, 0.2) is 48.7 Å². The number of nitrogens with two attached hydrogens (primary N) is 1.